The van der Waals surface area contributed by atoms with Crippen LogP contribution in [0.2, 0.25) is 0 Å². The van der Waals surface area contributed by atoms with Crippen LogP contribution in [0.25, 0.3) is 22.0 Å². The molecule has 1 aromatic heterocycles. The number of hydrogen-bond acceptors (Lipinski definition) is 4. The number of amides is 2. The van der Waals surface area contributed by atoms with E-state index in [4.69, 9.17) is 11.5 Å². The van der Waals surface area contributed by atoms with E-state index in [-0.39, 0.29) is 6.03 Å². The van der Waals surface area contributed by atoms with E-state index in [1.165, 1.54) is 0 Å². The maximum absolute atomic E-state index is 12.3. The molecule has 3 aromatic carbocycles. The van der Waals surface area contributed by atoms with E-state index < -0.39 is 0 Å². The average Bonchev–Trinajstić information content (AvgIpc) is 3.08. The van der Waals surface area contributed by atoms with Gasteiger partial charge in [0.2, 0.25) is 0 Å². The summed E-state index contributed by atoms with van der Waals surface area (Å²) in [7, 11) is 0. The molecule has 0 aliphatic rings. The third-order valence-corrected chi connectivity index (χ3v) is 4.99. The zero-order valence-corrected chi connectivity index (χ0v) is 17.0. The number of rotatable bonds is 4. The van der Waals surface area contributed by atoms with Gasteiger partial charge in [0, 0.05) is 22.4 Å². The van der Waals surface area contributed by atoms with Crippen LogP contribution >= 0.6 is 15.9 Å². The molecule has 7 N–H and O–H groups in total. The third-order valence-electron chi connectivity index (χ3n) is 4.53. The molecule has 0 radical (unpaired) electrons. The van der Waals surface area contributed by atoms with Gasteiger partial charge in [-0.05, 0) is 53.1 Å². The van der Waals surface area contributed by atoms with Crippen LogP contribution in [0.4, 0.5) is 22.0 Å². The molecule has 146 valence electrons. The number of nitrogens with one attached hydrogen (secondary N) is 3. The minimum atomic E-state index is -0.323. The molecule has 1 heterocycles. The Morgan fingerprint density at radius 3 is 2.55 bits per heavy atom. The first-order valence-corrected chi connectivity index (χ1v) is 9.73. The number of hydrogen-bond donors (Lipinski definition) is 5. The topological polar surface area (TPSA) is 122 Å². The summed E-state index contributed by atoms with van der Waals surface area (Å²) in [6.07, 6.45) is 0. The van der Waals surface area contributed by atoms with Crippen molar-refractivity contribution in [1.29, 1.82) is 0 Å². The summed E-state index contributed by atoms with van der Waals surface area (Å²) in [5.74, 6) is 0.448. The molecule has 4 rings (SSSR count). The molecule has 0 saturated heterocycles. The first-order chi connectivity index (χ1) is 14.0. The van der Waals surface area contributed by atoms with Crippen LogP contribution < -0.4 is 22.1 Å². The molecule has 0 saturated carbocycles. The smallest absolute Gasteiger partial charge is 0.323 e. The molecule has 0 bridgehead atoms. The van der Waals surface area contributed by atoms with E-state index >= 15 is 0 Å². The fourth-order valence-corrected chi connectivity index (χ4v) is 3.64. The van der Waals surface area contributed by atoms with E-state index in [1.807, 2.05) is 60.7 Å². The highest BCUT2D eigenvalue weighted by atomic mass is 79.9. The summed E-state index contributed by atoms with van der Waals surface area (Å²) >= 11 is 3.52. The summed E-state index contributed by atoms with van der Waals surface area (Å²) in [5.41, 5.74) is 16.7. The van der Waals surface area contributed by atoms with Gasteiger partial charge < -0.3 is 22.1 Å². The van der Waals surface area contributed by atoms with Crippen molar-refractivity contribution in [1.82, 2.24) is 10.2 Å². The Morgan fingerprint density at radius 2 is 1.79 bits per heavy atom. The molecule has 0 unspecified atom stereocenters. The van der Waals surface area contributed by atoms with E-state index in [1.54, 1.807) is 0 Å². The van der Waals surface area contributed by atoms with E-state index in [0.717, 1.165) is 32.1 Å². The second-order valence-corrected chi connectivity index (χ2v) is 7.46. The highest BCUT2D eigenvalue weighted by Gasteiger charge is 2.12. The number of nitrogen functional groups attached to an aromatic ring is 1. The Labute approximate surface area is 175 Å². The number of halogens is 1. The molecule has 8 heteroatoms. The Kier molecular flexibility index (Phi) is 5.20. The number of carbonyl (C=O) groups is 1. The van der Waals surface area contributed by atoms with Gasteiger partial charge in [0.25, 0.3) is 0 Å². The number of carbonyl (C=O) groups excluding carboxylic acids is 1. The molecule has 2 amide bonds. The Balaban J connectivity index is 1.53. The normalized spacial score (nSPS) is 10.8. The standard InChI is InChI=1S/C21H19BrN6O/c22-14-9-17(19-18(10-14)27-28-20(19)24)13-4-6-15(7-5-13)25-21(29)26-16-3-1-2-12(8-16)11-23/h1-10H,11,23H2,(H3,24,27,28)(H2,25,26,29). The lowest BCUT2D eigenvalue weighted by Crippen LogP contribution is -2.19. The molecule has 7 nitrogen and oxygen atoms in total. The van der Waals surface area contributed by atoms with Crippen molar-refractivity contribution >= 4 is 50.1 Å². The summed E-state index contributed by atoms with van der Waals surface area (Å²) in [6.45, 7) is 0.419. The number of benzene rings is 3. The minimum absolute atomic E-state index is 0.323. The van der Waals surface area contributed by atoms with Gasteiger partial charge in [0.05, 0.1) is 10.9 Å². The van der Waals surface area contributed by atoms with Gasteiger partial charge >= 0.3 is 6.03 Å². The van der Waals surface area contributed by atoms with Crippen molar-refractivity contribution in [2.75, 3.05) is 16.4 Å². The number of fused-ring (bicyclic) bond motifs is 1. The molecule has 0 atom stereocenters. The number of H-pyrrole nitrogens is 1. The largest absolute Gasteiger partial charge is 0.382 e. The summed E-state index contributed by atoms with van der Waals surface area (Å²) in [4.78, 5) is 12.3. The van der Waals surface area contributed by atoms with Crippen molar-refractivity contribution < 1.29 is 4.79 Å². The second-order valence-electron chi connectivity index (χ2n) is 6.55. The van der Waals surface area contributed by atoms with Crippen LogP contribution in [0.15, 0.2) is 65.1 Å². The van der Waals surface area contributed by atoms with Crippen LogP contribution in [0.1, 0.15) is 5.56 Å². The van der Waals surface area contributed by atoms with Crippen molar-refractivity contribution in [2.24, 2.45) is 5.73 Å². The van der Waals surface area contributed by atoms with Crippen LogP contribution in [-0.4, -0.2) is 16.2 Å². The quantitative estimate of drug-likeness (QED) is 0.309. The van der Waals surface area contributed by atoms with E-state index in [9.17, 15) is 4.79 Å². The van der Waals surface area contributed by atoms with Crippen LogP contribution in [-0.2, 0) is 6.54 Å². The van der Waals surface area contributed by atoms with Crippen molar-refractivity contribution in [3.63, 3.8) is 0 Å². The zero-order chi connectivity index (χ0) is 20.4. The number of nitrogens with zero attached hydrogens (tertiary/aromatic N) is 1. The highest BCUT2D eigenvalue weighted by Crippen LogP contribution is 2.34. The zero-order valence-electron chi connectivity index (χ0n) is 15.4. The van der Waals surface area contributed by atoms with Crippen LogP contribution in [0.3, 0.4) is 0 Å². The minimum Gasteiger partial charge on any atom is -0.382 e. The molecule has 29 heavy (non-hydrogen) atoms. The first kappa shape index (κ1) is 19.0. The van der Waals surface area contributed by atoms with Crippen LogP contribution in [0.5, 0.6) is 0 Å². The first-order valence-electron chi connectivity index (χ1n) is 8.94. The molecular formula is C21H19BrN6O. The lowest BCUT2D eigenvalue weighted by molar-refractivity contribution is 0.262. The molecule has 0 aliphatic heterocycles. The third kappa shape index (κ3) is 4.08. The van der Waals surface area contributed by atoms with Gasteiger partial charge in [-0.15, -0.1) is 0 Å². The SMILES string of the molecule is NCc1cccc(NC(=O)Nc2ccc(-c3cc(Br)cc4[nH]nc(N)c34)cc2)c1. The molecule has 0 spiro atoms. The predicted octanol–water partition coefficient (Wildman–Crippen LogP) is 4.68. The molecule has 4 aromatic rings. The Bertz CT molecular complexity index is 1190. The van der Waals surface area contributed by atoms with Gasteiger partial charge in [0.1, 0.15) is 0 Å². The van der Waals surface area contributed by atoms with Gasteiger partial charge in [-0.2, -0.15) is 5.10 Å². The van der Waals surface area contributed by atoms with E-state index in [0.29, 0.717) is 23.7 Å². The summed E-state index contributed by atoms with van der Waals surface area (Å²) < 4.78 is 0.921. The van der Waals surface area contributed by atoms with Crippen molar-refractivity contribution in [2.45, 2.75) is 6.54 Å². The predicted molar refractivity (Wildman–Crippen MR) is 121 cm³/mol. The highest BCUT2D eigenvalue weighted by molar-refractivity contribution is 9.10. The fraction of sp³-hybridized carbons (Fsp3) is 0.0476. The molecule has 0 fully saturated rings. The van der Waals surface area contributed by atoms with Gasteiger partial charge in [-0.1, -0.05) is 40.2 Å². The number of aromatic nitrogens is 2. The number of nitrogens with two attached hydrogens (primary N) is 2. The number of anilines is 3. The molecule has 0 aliphatic carbocycles. The van der Waals surface area contributed by atoms with E-state index in [2.05, 4.69) is 36.8 Å². The van der Waals surface area contributed by atoms with Gasteiger partial charge in [-0.25, -0.2) is 4.79 Å². The van der Waals surface area contributed by atoms with Crippen molar-refractivity contribution in [3.05, 3.63) is 70.7 Å². The van der Waals surface area contributed by atoms with Gasteiger partial charge in [0.15, 0.2) is 5.82 Å². The molecular weight excluding hydrogens is 432 g/mol. The number of urea groups is 1. The number of aromatic amines is 1. The fourth-order valence-electron chi connectivity index (χ4n) is 3.18. The summed E-state index contributed by atoms with van der Waals surface area (Å²) in [6, 6.07) is 18.6. The van der Waals surface area contributed by atoms with Gasteiger partial charge in [-0.3, -0.25) is 5.10 Å². The Morgan fingerprint density at radius 1 is 1.03 bits per heavy atom. The lowest BCUT2D eigenvalue weighted by atomic mass is 10.0. The Hall–Kier alpha value is -3.36. The van der Waals surface area contributed by atoms with Crippen LogP contribution in [0, 0.1) is 0 Å². The average molecular weight is 451 g/mol. The van der Waals surface area contributed by atoms with Crippen molar-refractivity contribution in [3.8, 4) is 11.1 Å². The maximum Gasteiger partial charge on any atom is 0.323 e. The lowest BCUT2D eigenvalue weighted by Gasteiger charge is -2.10. The second kappa shape index (κ2) is 7.94. The monoisotopic (exact) mass is 450 g/mol. The maximum atomic E-state index is 12.3. The summed E-state index contributed by atoms with van der Waals surface area (Å²) in [5, 5.41) is 13.5.